The minimum absolute atomic E-state index is 0.384. The molecule has 27 heavy (non-hydrogen) atoms. The Morgan fingerprint density at radius 2 is 1.33 bits per heavy atom. The van der Waals surface area contributed by atoms with Crippen LogP contribution in [-0.2, 0) is 22.2 Å². The first kappa shape index (κ1) is 20.5. The van der Waals surface area contributed by atoms with Crippen LogP contribution in [0.15, 0.2) is 48.5 Å². The van der Waals surface area contributed by atoms with Crippen LogP contribution < -0.4 is 10.6 Å². The lowest BCUT2D eigenvalue weighted by Crippen LogP contribution is -2.42. The van der Waals surface area contributed by atoms with Gasteiger partial charge in [0, 0.05) is 5.69 Å². The highest BCUT2D eigenvalue weighted by Gasteiger charge is 2.39. The van der Waals surface area contributed by atoms with Crippen molar-refractivity contribution in [2.75, 3.05) is 10.6 Å². The second kappa shape index (κ2) is 7.82. The van der Waals surface area contributed by atoms with E-state index in [9.17, 15) is 22.8 Å². The first-order valence-electron chi connectivity index (χ1n) is 8.44. The Hall–Kier alpha value is -2.83. The Labute approximate surface area is 155 Å². The summed E-state index contributed by atoms with van der Waals surface area (Å²) in [4.78, 5) is 25.2. The highest BCUT2D eigenvalue weighted by atomic mass is 19.4. The van der Waals surface area contributed by atoms with Crippen molar-refractivity contribution in [3.63, 3.8) is 0 Å². The maximum atomic E-state index is 13.1. The van der Waals surface area contributed by atoms with Gasteiger partial charge in [-0.05, 0) is 44.0 Å². The number of hydrogen-bond acceptors (Lipinski definition) is 2. The number of halogens is 3. The monoisotopic (exact) mass is 378 g/mol. The van der Waals surface area contributed by atoms with Gasteiger partial charge in [-0.3, -0.25) is 9.59 Å². The number of aryl methyl sites for hydroxylation is 1. The van der Waals surface area contributed by atoms with Crippen LogP contribution in [0, 0.1) is 5.41 Å². The molecule has 0 aromatic heterocycles. The van der Waals surface area contributed by atoms with Gasteiger partial charge in [-0.2, -0.15) is 13.2 Å². The molecule has 0 fully saturated rings. The Kier molecular flexibility index (Phi) is 5.93. The number of benzene rings is 2. The molecule has 0 heterocycles. The smallest absolute Gasteiger partial charge is 0.325 e. The summed E-state index contributed by atoms with van der Waals surface area (Å²) in [6.45, 7) is 4.65. The average molecular weight is 378 g/mol. The molecule has 7 heteroatoms. The van der Waals surface area contributed by atoms with Crippen molar-refractivity contribution in [2.45, 2.75) is 33.4 Å². The molecule has 0 saturated heterocycles. The van der Waals surface area contributed by atoms with Crippen LogP contribution in [0.4, 0.5) is 24.5 Å². The number of nitrogens with one attached hydrogen (secondary N) is 2. The van der Waals surface area contributed by atoms with Crippen LogP contribution in [0.2, 0.25) is 0 Å². The minimum Gasteiger partial charge on any atom is -0.325 e. The Morgan fingerprint density at radius 1 is 0.852 bits per heavy atom. The van der Waals surface area contributed by atoms with Crippen LogP contribution in [0.5, 0.6) is 0 Å². The fourth-order valence-corrected chi connectivity index (χ4v) is 2.45. The molecular formula is C20H21F3N2O2. The van der Waals surface area contributed by atoms with Gasteiger partial charge in [0.25, 0.3) is 0 Å². The van der Waals surface area contributed by atoms with Crippen LogP contribution in [-0.4, -0.2) is 11.8 Å². The number of alkyl halides is 3. The zero-order chi connectivity index (χ0) is 20.2. The standard InChI is InChI=1S/C20H21F3N2O2/c1-4-13-9-5-7-11-15(13)24-17(26)19(2,3)18(27)25-16-12-8-6-10-14(16)20(21,22)23/h5-12H,4H2,1-3H3,(H,24,26)(H,25,27). The highest BCUT2D eigenvalue weighted by Crippen LogP contribution is 2.35. The fourth-order valence-electron chi connectivity index (χ4n) is 2.45. The van der Waals surface area contributed by atoms with E-state index in [0.29, 0.717) is 12.1 Å². The van der Waals surface area contributed by atoms with E-state index < -0.39 is 29.0 Å². The van der Waals surface area contributed by atoms with Crippen molar-refractivity contribution in [1.29, 1.82) is 0 Å². The molecule has 2 N–H and O–H groups in total. The molecule has 0 aliphatic heterocycles. The van der Waals surface area contributed by atoms with Gasteiger partial charge in [0.15, 0.2) is 0 Å². The number of para-hydroxylation sites is 2. The van der Waals surface area contributed by atoms with Crippen molar-refractivity contribution < 1.29 is 22.8 Å². The number of hydrogen-bond donors (Lipinski definition) is 2. The van der Waals surface area contributed by atoms with Gasteiger partial charge in [-0.15, -0.1) is 0 Å². The van der Waals surface area contributed by atoms with Crippen molar-refractivity contribution in [3.8, 4) is 0 Å². The zero-order valence-electron chi connectivity index (χ0n) is 15.3. The lowest BCUT2D eigenvalue weighted by molar-refractivity contribution is -0.137. The summed E-state index contributed by atoms with van der Waals surface area (Å²) in [6.07, 6.45) is -3.93. The van der Waals surface area contributed by atoms with E-state index in [0.717, 1.165) is 17.7 Å². The largest absolute Gasteiger partial charge is 0.418 e. The first-order chi connectivity index (χ1) is 12.6. The van der Waals surface area contributed by atoms with Crippen LogP contribution in [0.3, 0.4) is 0 Å². The molecule has 0 radical (unpaired) electrons. The summed E-state index contributed by atoms with van der Waals surface area (Å²) in [7, 11) is 0. The molecule has 4 nitrogen and oxygen atoms in total. The van der Waals surface area contributed by atoms with Crippen LogP contribution >= 0.6 is 0 Å². The number of amides is 2. The first-order valence-corrected chi connectivity index (χ1v) is 8.44. The normalized spacial score (nSPS) is 11.8. The second-order valence-electron chi connectivity index (χ2n) is 6.59. The SMILES string of the molecule is CCc1ccccc1NC(=O)C(C)(C)C(=O)Nc1ccccc1C(F)(F)F. The van der Waals surface area contributed by atoms with E-state index in [1.54, 1.807) is 12.1 Å². The summed E-state index contributed by atoms with van der Waals surface area (Å²) in [5.74, 6) is -1.43. The lowest BCUT2D eigenvalue weighted by Gasteiger charge is -2.24. The van der Waals surface area contributed by atoms with E-state index in [1.807, 2.05) is 19.1 Å². The molecule has 2 aromatic rings. The maximum absolute atomic E-state index is 13.1. The molecule has 144 valence electrons. The number of rotatable bonds is 5. The molecule has 0 saturated carbocycles. The van der Waals surface area contributed by atoms with Gasteiger partial charge >= 0.3 is 6.18 Å². The van der Waals surface area contributed by atoms with Crippen LogP contribution in [0.1, 0.15) is 31.9 Å². The number of carbonyl (C=O) groups is 2. The van der Waals surface area contributed by atoms with Gasteiger partial charge < -0.3 is 10.6 Å². The van der Waals surface area contributed by atoms with Crippen molar-refractivity contribution in [2.24, 2.45) is 5.41 Å². The average Bonchev–Trinajstić information content (AvgIpc) is 2.61. The molecular weight excluding hydrogens is 357 g/mol. The van der Waals surface area contributed by atoms with Gasteiger partial charge in [0.2, 0.25) is 11.8 Å². The lowest BCUT2D eigenvalue weighted by atomic mass is 9.90. The van der Waals surface area contributed by atoms with Crippen molar-refractivity contribution in [1.82, 2.24) is 0 Å². The van der Waals surface area contributed by atoms with E-state index in [1.165, 1.54) is 26.0 Å². The van der Waals surface area contributed by atoms with Crippen molar-refractivity contribution in [3.05, 3.63) is 59.7 Å². The van der Waals surface area contributed by atoms with Gasteiger partial charge in [0.05, 0.1) is 11.3 Å². The van der Waals surface area contributed by atoms with E-state index in [2.05, 4.69) is 10.6 Å². The third kappa shape index (κ3) is 4.67. The quantitative estimate of drug-likeness (QED) is 0.729. The van der Waals surface area contributed by atoms with E-state index in [-0.39, 0.29) is 5.69 Å². The van der Waals surface area contributed by atoms with E-state index in [4.69, 9.17) is 0 Å². The molecule has 0 unspecified atom stereocenters. The molecule has 0 aliphatic rings. The highest BCUT2D eigenvalue weighted by molar-refractivity contribution is 6.14. The van der Waals surface area contributed by atoms with Crippen molar-refractivity contribution >= 4 is 23.2 Å². The van der Waals surface area contributed by atoms with Crippen LogP contribution in [0.25, 0.3) is 0 Å². The second-order valence-corrected chi connectivity index (χ2v) is 6.59. The summed E-state index contributed by atoms with van der Waals surface area (Å²) in [5, 5.41) is 4.92. The molecule has 2 rings (SSSR count). The van der Waals surface area contributed by atoms with Gasteiger partial charge in [-0.1, -0.05) is 37.3 Å². The third-order valence-electron chi connectivity index (χ3n) is 4.26. The Bertz CT molecular complexity index is 845. The summed E-state index contributed by atoms with van der Waals surface area (Å²) >= 11 is 0. The molecule has 0 spiro atoms. The maximum Gasteiger partial charge on any atom is 0.418 e. The molecule has 0 aliphatic carbocycles. The van der Waals surface area contributed by atoms with Gasteiger partial charge in [-0.25, -0.2) is 0 Å². The molecule has 2 aromatic carbocycles. The third-order valence-corrected chi connectivity index (χ3v) is 4.26. The minimum atomic E-state index is -4.61. The fraction of sp³-hybridized carbons (Fsp3) is 0.300. The zero-order valence-corrected chi connectivity index (χ0v) is 15.3. The summed E-state index contributed by atoms with van der Waals surface area (Å²) < 4.78 is 39.3. The van der Waals surface area contributed by atoms with Gasteiger partial charge in [0.1, 0.15) is 5.41 Å². The molecule has 2 amide bonds. The number of carbonyl (C=O) groups excluding carboxylic acids is 2. The molecule has 0 bridgehead atoms. The summed E-state index contributed by atoms with van der Waals surface area (Å²) in [6, 6.07) is 11.8. The van der Waals surface area contributed by atoms with E-state index >= 15 is 0 Å². The topological polar surface area (TPSA) is 58.2 Å². The number of anilines is 2. The Morgan fingerprint density at radius 3 is 1.89 bits per heavy atom. The summed E-state index contributed by atoms with van der Waals surface area (Å²) in [5.41, 5.74) is -1.47. The Balaban J connectivity index is 2.21. The molecule has 0 atom stereocenters. The predicted molar refractivity (Wildman–Crippen MR) is 98.3 cm³/mol. The predicted octanol–water partition coefficient (Wildman–Crippen LogP) is 4.87.